The van der Waals surface area contributed by atoms with Gasteiger partial charge in [0.25, 0.3) is 5.91 Å². The van der Waals surface area contributed by atoms with Gasteiger partial charge in [0.15, 0.2) is 0 Å². The van der Waals surface area contributed by atoms with Gasteiger partial charge in [-0.05, 0) is 6.07 Å². The van der Waals surface area contributed by atoms with E-state index in [9.17, 15) is 18.0 Å². The van der Waals surface area contributed by atoms with Crippen LogP contribution in [0.15, 0.2) is 12.3 Å². The minimum absolute atomic E-state index is 0.353. The Balaban J connectivity index is 3.44. The minimum atomic E-state index is -4.63. The van der Waals surface area contributed by atoms with E-state index in [2.05, 4.69) is 15.0 Å². The van der Waals surface area contributed by atoms with Crippen LogP contribution in [0.25, 0.3) is 0 Å². The molecule has 1 aromatic heterocycles. The van der Waals surface area contributed by atoms with E-state index in [1.807, 2.05) is 0 Å². The number of nitrogens with zero attached hydrogens (tertiary/aromatic N) is 1. The fourth-order valence-electron chi connectivity index (χ4n) is 1.18. The Labute approximate surface area is 89.4 Å². The lowest BCUT2D eigenvalue weighted by atomic mass is 10.1. The van der Waals surface area contributed by atoms with E-state index in [1.54, 1.807) is 0 Å². The Bertz CT molecular complexity index is 404. The molecule has 4 nitrogen and oxygen atoms in total. The lowest BCUT2D eigenvalue weighted by Gasteiger charge is -2.13. The van der Waals surface area contributed by atoms with E-state index in [4.69, 9.17) is 0 Å². The number of aromatic nitrogens is 1. The smallest absolute Gasteiger partial charge is 0.417 e. The van der Waals surface area contributed by atoms with Crippen molar-refractivity contribution < 1.29 is 22.7 Å². The molecule has 88 valence electrons. The molecule has 0 atom stereocenters. The molecule has 0 aliphatic carbocycles. The number of ether oxygens (including phenoxy) is 1. The molecular weight excluding hydrogens is 225 g/mol. The van der Waals surface area contributed by atoms with Gasteiger partial charge < -0.3 is 10.1 Å². The van der Waals surface area contributed by atoms with Crippen molar-refractivity contribution in [1.29, 1.82) is 0 Å². The second kappa shape index (κ2) is 4.38. The SMILES string of the molecule is CNC(=O)c1c(C(F)(F)F)ccnc1OC. The molecule has 0 unspecified atom stereocenters. The average molecular weight is 234 g/mol. The van der Waals surface area contributed by atoms with Crippen LogP contribution in [0.3, 0.4) is 0 Å². The van der Waals surface area contributed by atoms with E-state index < -0.39 is 23.2 Å². The molecule has 0 saturated carbocycles. The normalized spacial score (nSPS) is 11.1. The summed E-state index contributed by atoms with van der Waals surface area (Å²) in [5.41, 5.74) is -1.68. The average Bonchev–Trinajstić information content (AvgIpc) is 2.25. The summed E-state index contributed by atoms with van der Waals surface area (Å²) in [5.74, 6) is -1.24. The Morgan fingerprint density at radius 1 is 1.50 bits per heavy atom. The topological polar surface area (TPSA) is 51.2 Å². The first-order valence-electron chi connectivity index (χ1n) is 4.24. The predicted molar refractivity (Wildman–Crippen MR) is 49.2 cm³/mol. The van der Waals surface area contributed by atoms with Gasteiger partial charge in [-0.25, -0.2) is 4.98 Å². The molecule has 1 N–H and O–H groups in total. The highest BCUT2D eigenvalue weighted by Crippen LogP contribution is 2.34. The standard InChI is InChI=1S/C9H9F3N2O2/c1-13-7(15)6-5(9(10,11)12)3-4-14-8(6)16-2/h3-4H,1-2H3,(H,13,15). The van der Waals surface area contributed by atoms with Gasteiger partial charge in [-0.3, -0.25) is 4.79 Å². The number of carbonyl (C=O) groups excluding carboxylic acids is 1. The van der Waals surface area contributed by atoms with Gasteiger partial charge in [0.2, 0.25) is 5.88 Å². The summed E-state index contributed by atoms with van der Waals surface area (Å²) >= 11 is 0. The van der Waals surface area contributed by atoms with Crippen LogP contribution in [-0.4, -0.2) is 25.0 Å². The second-order valence-electron chi connectivity index (χ2n) is 2.82. The van der Waals surface area contributed by atoms with Gasteiger partial charge >= 0.3 is 6.18 Å². The zero-order valence-electron chi connectivity index (χ0n) is 8.55. The van der Waals surface area contributed by atoms with Crippen molar-refractivity contribution in [3.63, 3.8) is 0 Å². The zero-order chi connectivity index (χ0) is 12.3. The molecule has 0 bridgehead atoms. The van der Waals surface area contributed by atoms with Crippen LogP contribution in [0.5, 0.6) is 5.88 Å². The molecule has 7 heteroatoms. The van der Waals surface area contributed by atoms with Gasteiger partial charge in [-0.2, -0.15) is 13.2 Å². The fourth-order valence-corrected chi connectivity index (χ4v) is 1.18. The van der Waals surface area contributed by atoms with Crippen molar-refractivity contribution in [2.24, 2.45) is 0 Å². The Morgan fingerprint density at radius 2 is 2.12 bits per heavy atom. The first-order valence-corrected chi connectivity index (χ1v) is 4.24. The number of hydrogen-bond acceptors (Lipinski definition) is 3. The van der Waals surface area contributed by atoms with Crippen LogP contribution in [-0.2, 0) is 6.18 Å². The molecule has 0 aliphatic rings. The number of alkyl halides is 3. The maximum absolute atomic E-state index is 12.6. The van der Waals surface area contributed by atoms with Crippen LogP contribution >= 0.6 is 0 Å². The van der Waals surface area contributed by atoms with Crippen molar-refractivity contribution in [2.75, 3.05) is 14.2 Å². The monoisotopic (exact) mass is 234 g/mol. The number of hydrogen-bond donors (Lipinski definition) is 1. The molecule has 0 radical (unpaired) electrons. The Hall–Kier alpha value is -1.79. The number of carbonyl (C=O) groups is 1. The fraction of sp³-hybridized carbons (Fsp3) is 0.333. The van der Waals surface area contributed by atoms with Crippen LogP contribution in [0.2, 0.25) is 0 Å². The first-order chi connectivity index (χ1) is 7.41. The van der Waals surface area contributed by atoms with Crippen LogP contribution in [0.1, 0.15) is 15.9 Å². The van der Waals surface area contributed by atoms with E-state index in [0.29, 0.717) is 0 Å². The molecule has 1 heterocycles. The van der Waals surface area contributed by atoms with E-state index in [0.717, 1.165) is 19.4 Å². The second-order valence-corrected chi connectivity index (χ2v) is 2.82. The molecule has 1 amide bonds. The first kappa shape index (κ1) is 12.3. The van der Waals surface area contributed by atoms with Gasteiger partial charge in [0.05, 0.1) is 12.7 Å². The highest BCUT2D eigenvalue weighted by atomic mass is 19.4. The maximum Gasteiger partial charge on any atom is 0.417 e. The van der Waals surface area contributed by atoms with Crippen LogP contribution in [0, 0.1) is 0 Å². The molecular formula is C9H9F3N2O2. The zero-order valence-corrected chi connectivity index (χ0v) is 8.55. The maximum atomic E-state index is 12.6. The van der Waals surface area contributed by atoms with Crippen molar-refractivity contribution in [3.05, 3.63) is 23.4 Å². The number of methoxy groups -OCH3 is 1. The van der Waals surface area contributed by atoms with Gasteiger partial charge in [-0.1, -0.05) is 0 Å². The molecule has 16 heavy (non-hydrogen) atoms. The van der Waals surface area contributed by atoms with Crippen molar-refractivity contribution in [2.45, 2.75) is 6.18 Å². The van der Waals surface area contributed by atoms with Crippen LogP contribution in [0.4, 0.5) is 13.2 Å². The quantitative estimate of drug-likeness (QED) is 0.843. The highest BCUT2D eigenvalue weighted by Gasteiger charge is 2.37. The third-order valence-corrected chi connectivity index (χ3v) is 1.87. The summed E-state index contributed by atoms with van der Waals surface area (Å²) < 4.78 is 42.4. The van der Waals surface area contributed by atoms with Gasteiger partial charge in [-0.15, -0.1) is 0 Å². The molecule has 0 fully saturated rings. The molecule has 0 aliphatic heterocycles. The number of amides is 1. The van der Waals surface area contributed by atoms with Crippen molar-refractivity contribution >= 4 is 5.91 Å². The van der Waals surface area contributed by atoms with Crippen LogP contribution < -0.4 is 10.1 Å². The molecule has 1 rings (SSSR count). The van der Waals surface area contributed by atoms with E-state index >= 15 is 0 Å². The van der Waals surface area contributed by atoms with Gasteiger partial charge in [0.1, 0.15) is 5.56 Å². The summed E-state index contributed by atoms with van der Waals surface area (Å²) in [7, 11) is 2.38. The Kier molecular flexibility index (Phi) is 3.36. The Morgan fingerprint density at radius 3 is 2.56 bits per heavy atom. The van der Waals surface area contributed by atoms with Crippen molar-refractivity contribution in [1.82, 2.24) is 10.3 Å². The highest BCUT2D eigenvalue weighted by molar-refractivity contribution is 5.97. The number of rotatable bonds is 2. The van der Waals surface area contributed by atoms with E-state index in [-0.39, 0.29) is 5.88 Å². The van der Waals surface area contributed by atoms with Gasteiger partial charge in [0, 0.05) is 13.2 Å². The summed E-state index contributed by atoms with van der Waals surface area (Å²) in [6.07, 6.45) is -3.69. The minimum Gasteiger partial charge on any atom is -0.480 e. The molecule has 0 aromatic carbocycles. The largest absolute Gasteiger partial charge is 0.480 e. The molecule has 0 saturated heterocycles. The van der Waals surface area contributed by atoms with E-state index in [1.165, 1.54) is 7.05 Å². The number of pyridine rings is 1. The summed E-state index contributed by atoms with van der Waals surface area (Å²) in [6.45, 7) is 0. The van der Waals surface area contributed by atoms with Crippen molar-refractivity contribution in [3.8, 4) is 5.88 Å². The molecule has 0 spiro atoms. The summed E-state index contributed by atoms with van der Waals surface area (Å²) in [5, 5.41) is 2.11. The lowest BCUT2D eigenvalue weighted by Crippen LogP contribution is -2.24. The number of nitrogens with one attached hydrogen (secondary N) is 1. The third kappa shape index (κ3) is 2.23. The summed E-state index contributed by atoms with van der Waals surface area (Å²) in [6, 6.07) is 0.729. The predicted octanol–water partition coefficient (Wildman–Crippen LogP) is 1.47. The molecule has 1 aromatic rings. The number of halogens is 3. The lowest BCUT2D eigenvalue weighted by molar-refractivity contribution is -0.138. The third-order valence-electron chi connectivity index (χ3n) is 1.87. The summed E-state index contributed by atoms with van der Waals surface area (Å²) in [4.78, 5) is 14.9.